The molecule has 40 heavy (non-hydrogen) atoms. The van der Waals surface area contributed by atoms with Crippen LogP contribution in [0.1, 0.15) is 30.4 Å². The molecule has 1 saturated heterocycles. The first kappa shape index (κ1) is 29.6. The predicted molar refractivity (Wildman–Crippen MR) is 142 cm³/mol. The van der Waals surface area contributed by atoms with Gasteiger partial charge >= 0.3 is 17.3 Å². The van der Waals surface area contributed by atoms with E-state index in [2.05, 4.69) is 9.88 Å². The molecular formula is C27H30ClF3N4O5. The van der Waals surface area contributed by atoms with Gasteiger partial charge in [-0.3, -0.25) is 4.57 Å². The maximum Gasteiger partial charge on any atom is 0.416 e. The monoisotopic (exact) mass is 582 g/mol. The molecule has 1 aliphatic heterocycles. The number of piperidine rings is 1. The molecule has 2 heterocycles. The Morgan fingerprint density at radius 3 is 2.40 bits per heavy atom. The van der Waals surface area contributed by atoms with E-state index in [9.17, 15) is 28.4 Å². The van der Waals surface area contributed by atoms with E-state index in [1.54, 1.807) is 0 Å². The number of hydrogen-bond donors (Lipinski definition) is 1. The molecule has 1 aliphatic rings. The van der Waals surface area contributed by atoms with Gasteiger partial charge in [-0.05, 0) is 88.7 Å². The van der Waals surface area contributed by atoms with Crippen LogP contribution in [0, 0.1) is 16.0 Å². The highest BCUT2D eigenvalue weighted by molar-refractivity contribution is 6.28. The Morgan fingerprint density at radius 1 is 1.12 bits per heavy atom. The second kappa shape index (κ2) is 13.3. The zero-order valence-electron chi connectivity index (χ0n) is 21.6. The average molecular weight is 583 g/mol. The Hall–Kier alpha value is -3.35. The molecule has 0 radical (unpaired) electrons. The molecule has 0 saturated carbocycles. The molecule has 13 heteroatoms. The SMILES string of the molecule is O=[N+]([O-])c1cn(CC[C@@H](O)COc2ccc(N3CCC(COCc4ccc(C(F)(F)F)cc4)CC3)cc2)c(Cl)n1. The third-order valence-electron chi connectivity index (χ3n) is 6.77. The minimum absolute atomic E-state index is 0.00915. The maximum atomic E-state index is 12.7. The molecule has 216 valence electrons. The summed E-state index contributed by atoms with van der Waals surface area (Å²) in [5.74, 6) is 0.661. The van der Waals surface area contributed by atoms with Gasteiger partial charge in [-0.1, -0.05) is 12.1 Å². The van der Waals surface area contributed by atoms with Crippen molar-refractivity contribution in [1.82, 2.24) is 9.55 Å². The Balaban J connectivity index is 1.14. The summed E-state index contributed by atoms with van der Waals surface area (Å²) in [6.07, 6.45) is -1.72. The van der Waals surface area contributed by atoms with E-state index in [0.29, 0.717) is 23.8 Å². The van der Waals surface area contributed by atoms with E-state index in [-0.39, 0.29) is 37.3 Å². The molecule has 1 fully saturated rings. The minimum Gasteiger partial charge on any atom is -0.491 e. The summed E-state index contributed by atoms with van der Waals surface area (Å²) in [7, 11) is 0. The standard InChI is InChI=1S/C27H30ClF3N4O5/c28-26-32-25(35(37)38)15-34(26)14-11-23(36)18-40-24-7-5-22(6-8-24)33-12-9-20(10-13-33)17-39-16-19-1-3-21(4-2-19)27(29,30)31/h1-8,15,20,23,36H,9-14,16-18H2/t23-/m1/s1. The number of aliphatic hydroxyl groups excluding tert-OH is 1. The Morgan fingerprint density at radius 2 is 1.80 bits per heavy atom. The van der Waals surface area contributed by atoms with Gasteiger partial charge in [-0.25, -0.2) is 0 Å². The van der Waals surface area contributed by atoms with Crippen LogP contribution in [0.4, 0.5) is 24.7 Å². The van der Waals surface area contributed by atoms with Crippen molar-refractivity contribution in [2.24, 2.45) is 5.92 Å². The van der Waals surface area contributed by atoms with Crippen molar-refractivity contribution < 1.29 is 32.7 Å². The Kier molecular flexibility index (Phi) is 9.88. The normalized spacial score (nSPS) is 15.3. The van der Waals surface area contributed by atoms with Crippen molar-refractivity contribution in [3.8, 4) is 5.75 Å². The number of aromatic nitrogens is 2. The fourth-order valence-electron chi connectivity index (χ4n) is 4.43. The van der Waals surface area contributed by atoms with Crippen molar-refractivity contribution >= 4 is 23.1 Å². The largest absolute Gasteiger partial charge is 0.491 e. The lowest BCUT2D eigenvalue weighted by molar-refractivity contribution is -0.389. The van der Waals surface area contributed by atoms with Crippen LogP contribution in [0.2, 0.25) is 5.28 Å². The van der Waals surface area contributed by atoms with Crippen molar-refractivity contribution in [3.63, 3.8) is 0 Å². The second-order valence-electron chi connectivity index (χ2n) is 9.71. The molecule has 0 unspecified atom stereocenters. The lowest BCUT2D eigenvalue weighted by Gasteiger charge is -2.33. The number of aliphatic hydroxyl groups is 1. The summed E-state index contributed by atoms with van der Waals surface area (Å²) in [5.41, 5.74) is 1.12. The number of anilines is 1. The van der Waals surface area contributed by atoms with E-state index in [1.165, 1.54) is 22.9 Å². The fourth-order valence-corrected chi connectivity index (χ4v) is 4.65. The number of hydrogen-bond acceptors (Lipinski definition) is 7. The van der Waals surface area contributed by atoms with Crippen LogP contribution in [-0.2, 0) is 24.1 Å². The van der Waals surface area contributed by atoms with Gasteiger partial charge in [0.1, 0.15) is 18.6 Å². The first-order valence-electron chi connectivity index (χ1n) is 12.9. The van der Waals surface area contributed by atoms with Gasteiger partial charge in [0.15, 0.2) is 0 Å². The molecule has 2 aromatic carbocycles. The van der Waals surface area contributed by atoms with Gasteiger partial charge in [0, 0.05) is 31.9 Å². The first-order valence-corrected chi connectivity index (χ1v) is 13.2. The number of benzene rings is 2. The predicted octanol–water partition coefficient (Wildman–Crippen LogP) is 5.73. The smallest absolute Gasteiger partial charge is 0.416 e. The minimum atomic E-state index is -4.34. The van der Waals surface area contributed by atoms with Crippen LogP contribution >= 0.6 is 11.6 Å². The lowest BCUT2D eigenvalue weighted by Crippen LogP contribution is -2.35. The van der Waals surface area contributed by atoms with Crippen molar-refractivity contribution in [1.29, 1.82) is 0 Å². The molecule has 1 aromatic heterocycles. The van der Waals surface area contributed by atoms with E-state index in [4.69, 9.17) is 21.1 Å². The van der Waals surface area contributed by atoms with Gasteiger partial charge in [0.05, 0.1) is 18.3 Å². The van der Waals surface area contributed by atoms with Crippen LogP contribution < -0.4 is 9.64 Å². The molecule has 0 bridgehead atoms. The quantitative estimate of drug-likeness (QED) is 0.215. The number of imidazole rings is 1. The van der Waals surface area contributed by atoms with Crippen LogP contribution in [0.25, 0.3) is 0 Å². The van der Waals surface area contributed by atoms with E-state index < -0.39 is 22.8 Å². The first-order chi connectivity index (χ1) is 19.1. The second-order valence-corrected chi connectivity index (χ2v) is 10.0. The van der Waals surface area contributed by atoms with Crippen LogP contribution in [0.15, 0.2) is 54.7 Å². The number of rotatable bonds is 12. The van der Waals surface area contributed by atoms with E-state index >= 15 is 0 Å². The molecular weight excluding hydrogens is 553 g/mol. The van der Waals surface area contributed by atoms with E-state index in [1.807, 2.05) is 24.3 Å². The fraction of sp³-hybridized carbons (Fsp3) is 0.444. The number of ether oxygens (including phenoxy) is 2. The van der Waals surface area contributed by atoms with E-state index in [0.717, 1.165) is 43.8 Å². The number of nitro groups is 1. The lowest BCUT2D eigenvalue weighted by atomic mass is 9.97. The highest BCUT2D eigenvalue weighted by Crippen LogP contribution is 2.29. The number of halogens is 4. The molecule has 1 atom stereocenters. The van der Waals surface area contributed by atoms with Crippen molar-refractivity contribution in [2.45, 2.75) is 44.7 Å². The summed E-state index contributed by atoms with van der Waals surface area (Å²) in [4.78, 5) is 16.1. The highest BCUT2D eigenvalue weighted by atomic mass is 35.5. The molecule has 4 rings (SSSR count). The van der Waals surface area contributed by atoms with Crippen LogP contribution in [-0.4, -0.2) is 52.0 Å². The summed E-state index contributed by atoms with van der Waals surface area (Å²) in [6.45, 7) is 2.90. The molecule has 1 N–H and O–H groups in total. The average Bonchev–Trinajstić information content (AvgIpc) is 3.32. The zero-order chi connectivity index (χ0) is 28.7. The summed E-state index contributed by atoms with van der Waals surface area (Å²) >= 11 is 5.89. The molecule has 3 aromatic rings. The molecule has 0 spiro atoms. The molecule has 0 amide bonds. The van der Waals surface area contributed by atoms with Crippen molar-refractivity contribution in [3.05, 3.63) is 81.3 Å². The van der Waals surface area contributed by atoms with Gasteiger partial charge in [0.25, 0.3) is 0 Å². The van der Waals surface area contributed by atoms with Gasteiger partial charge in [0.2, 0.25) is 0 Å². The summed E-state index contributed by atoms with van der Waals surface area (Å²) in [5, 5.41) is 21.0. The number of nitrogens with zero attached hydrogens (tertiary/aromatic N) is 4. The maximum absolute atomic E-state index is 12.7. The zero-order valence-corrected chi connectivity index (χ0v) is 22.4. The number of aryl methyl sites for hydroxylation is 1. The third kappa shape index (κ3) is 8.33. The topological polar surface area (TPSA) is 103 Å². The van der Waals surface area contributed by atoms with Crippen molar-refractivity contribution in [2.75, 3.05) is 31.2 Å². The summed E-state index contributed by atoms with van der Waals surface area (Å²) in [6, 6.07) is 12.7. The number of alkyl halides is 3. The molecule has 0 aliphatic carbocycles. The third-order valence-corrected chi connectivity index (χ3v) is 7.07. The van der Waals surface area contributed by atoms with Gasteiger partial charge < -0.3 is 29.6 Å². The Bertz CT molecular complexity index is 1250. The Labute approximate surface area is 234 Å². The highest BCUT2D eigenvalue weighted by Gasteiger charge is 2.30. The molecule has 9 nitrogen and oxygen atoms in total. The summed E-state index contributed by atoms with van der Waals surface area (Å²) < 4.78 is 50.9. The van der Waals surface area contributed by atoms with Crippen LogP contribution in [0.5, 0.6) is 5.75 Å². The van der Waals surface area contributed by atoms with Crippen LogP contribution in [0.3, 0.4) is 0 Å². The van der Waals surface area contributed by atoms with Gasteiger partial charge in [-0.15, -0.1) is 0 Å². The van der Waals surface area contributed by atoms with Gasteiger partial charge in [-0.2, -0.15) is 13.2 Å².